The van der Waals surface area contributed by atoms with Gasteiger partial charge in [-0.05, 0) is 12.1 Å². The number of hydrogen-bond acceptors (Lipinski definition) is 7. The van der Waals surface area contributed by atoms with Crippen molar-refractivity contribution in [3.05, 3.63) is 46.8 Å². The van der Waals surface area contributed by atoms with Gasteiger partial charge in [0, 0.05) is 23.9 Å². The molecule has 1 aromatic carbocycles. The minimum atomic E-state index is -1.07. The van der Waals surface area contributed by atoms with E-state index in [0.29, 0.717) is 38.9 Å². The maximum absolute atomic E-state index is 11.8. The highest BCUT2D eigenvalue weighted by Gasteiger charge is 2.21. The molecule has 3 aromatic heterocycles. The highest BCUT2D eigenvalue weighted by Crippen LogP contribution is 2.35. The zero-order valence-electron chi connectivity index (χ0n) is 14.7. The topological polar surface area (TPSA) is 99.4 Å². The van der Waals surface area contributed by atoms with Crippen molar-refractivity contribution in [1.82, 2.24) is 19.5 Å². The van der Waals surface area contributed by atoms with Gasteiger partial charge in [-0.15, -0.1) is 0 Å². The van der Waals surface area contributed by atoms with Crippen molar-refractivity contribution in [3.8, 4) is 27.9 Å². The smallest absolute Gasteiger partial charge is 0.348 e. The first-order valence-corrected chi connectivity index (χ1v) is 9.16. The number of pyridine rings is 1. The molecule has 0 bridgehead atoms. The van der Waals surface area contributed by atoms with E-state index in [9.17, 15) is 9.90 Å². The van der Waals surface area contributed by atoms with E-state index in [1.807, 2.05) is 0 Å². The van der Waals surface area contributed by atoms with E-state index < -0.39 is 5.97 Å². The van der Waals surface area contributed by atoms with Crippen LogP contribution >= 0.6 is 22.9 Å². The Balaban J connectivity index is 1.90. The van der Waals surface area contributed by atoms with Crippen LogP contribution in [0.25, 0.3) is 27.4 Å². The molecule has 10 heteroatoms. The number of fused-ring (bicyclic) bond motifs is 1. The summed E-state index contributed by atoms with van der Waals surface area (Å²) in [7, 11) is 3.09. The number of aromatic carboxylic acids is 1. The van der Waals surface area contributed by atoms with E-state index in [0.717, 1.165) is 11.3 Å². The maximum atomic E-state index is 11.8. The third kappa shape index (κ3) is 3.04. The van der Waals surface area contributed by atoms with Crippen LogP contribution in [0.4, 0.5) is 0 Å². The van der Waals surface area contributed by atoms with Gasteiger partial charge in [0.05, 0.1) is 30.9 Å². The standard InChI is InChI=1S/C18H13ClN4O4S/c1-26-12-6-10-11(7-13(12)27-2)23(8-21-10)18-22-15(16(28-18)17(24)25)9-3-4-20-14(19)5-9/h3-8H,1-2H3,(H,24,25). The van der Waals surface area contributed by atoms with Gasteiger partial charge in [-0.3, -0.25) is 4.57 Å². The average Bonchev–Trinajstić information content (AvgIpc) is 3.30. The fourth-order valence-electron chi connectivity index (χ4n) is 2.79. The maximum Gasteiger partial charge on any atom is 0.348 e. The van der Waals surface area contributed by atoms with E-state index in [1.54, 1.807) is 49.4 Å². The van der Waals surface area contributed by atoms with Crippen molar-refractivity contribution < 1.29 is 19.4 Å². The number of aromatic nitrogens is 4. The molecule has 0 saturated carbocycles. The molecule has 0 aliphatic rings. The molecule has 0 unspecified atom stereocenters. The first kappa shape index (κ1) is 18.2. The number of hydrogen-bond donors (Lipinski definition) is 1. The zero-order chi connectivity index (χ0) is 19.8. The lowest BCUT2D eigenvalue weighted by molar-refractivity contribution is 0.0702. The van der Waals surface area contributed by atoms with Gasteiger partial charge in [-0.2, -0.15) is 0 Å². The van der Waals surface area contributed by atoms with Crippen LogP contribution in [0.1, 0.15) is 9.67 Å². The third-order valence-electron chi connectivity index (χ3n) is 4.07. The van der Waals surface area contributed by atoms with Crippen LogP contribution in [-0.2, 0) is 0 Å². The number of carbonyl (C=O) groups is 1. The summed E-state index contributed by atoms with van der Waals surface area (Å²) < 4.78 is 12.4. The highest BCUT2D eigenvalue weighted by atomic mass is 35.5. The molecule has 142 valence electrons. The van der Waals surface area contributed by atoms with Crippen molar-refractivity contribution in [3.63, 3.8) is 0 Å². The van der Waals surface area contributed by atoms with Gasteiger partial charge in [-0.1, -0.05) is 22.9 Å². The lowest BCUT2D eigenvalue weighted by Gasteiger charge is -2.07. The van der Waals surface area contributed by atoms with Crippen molar-refractivity contribution in [1.29, 1.82) is 0 Å². The first-order valence-electron chi connectivity index (χ1n) is 7.97. The Hall–Kier alpha value is -3.17. The van der Waals surface area contributed by atoms with Gasteiger partial charge >= 0.3 is 5.97 Å². The fourth-order valence-corrected chi connectivity index (χ4v) is 3.88. The van der Waals surface area contributed by atoms with Crippen molar-refractivity contribution in [2.75, 3.05) is 14.2 Å². The van der Waals surface area contributed by atoms with E-state index in [1.165, 1.54) is 6.20 Å². The quantitative estimate of drug-likeness (QED) is 0.492. The van der Waals surface area contributed by atoms with Gasteiger partial charge < -0.3 is 14.6 Å². The second kappa shape index (κ2) is 7.10. The molecule has 0 atom stereocenters. The van der Waals surface area contributed by atoms with Gasteiger partial charge in [0.25, 0.3) is 0 Å². The Morgan fingerprint density at radius 2 is 1.93 bits per heavy atom. The van der Waals surface area contributed by atoms with Crippen LogP contribution in [0.2, 0.25) is 5.15 Å². The molecule has 4 aromatic rings. The largest absolute Gasteiger partial charge is 0.493 e. The number of imidazole rings is 1. The summed E-state index contributed by atoms with van der Waals surface area (Å²) in [5.74, 6) is 0.0148. The van der Waals surface area contributed by atoms with E-state index in [2.05, 4.69) is 15.0 Å². The molecule has 0 fully saturated rings. The second-order valence-corrected chi connectivity index (χ2v) is 7.02. The predicted molar refractivity (Wildman–Crippen MR) is 105 cm³/mol. The summed E-state index contributed by atoms with van der Waals surface area (Å²) in [5, 5.41) is 10.3. The summed E-state index contributed by atoms with van der Waals surface area (Å²) in [5.41, 5.74) is 2.27. The van der Waals surface area contributed by atoms with Crippen molar-refractivity contribution >= 4 is 39.9 Å². The predicted octanol–water partition coefficient (Wildman–Crippen LogP) is 3.91. The number of halogens is 1. The molecule has 0 saturated heterocycles. The van der Waals surface area contributed by atoms with Crippen LogP contribution in [0.3, 0.4) is 0 Å². The molecule has 0 aliphatic heterocycles. The molecular weight excluding hydrogens is 404 g/mol. The molecule has 4 rings (SSSR count). The summed E-state index contributed by atoms with van der Waals surface area (Å²) in [6.07, 6.45) is 3.09. The number of carboxylic acid groups (broad SMARTS) is 1. The van der Waals surface area contributed by atoms with Gasteiger partial charge in [0.2, 0.25) is 0 Å². The lowest BCUT2D eigenvalue weighted by atomic mass is 10.2. The van der Waals surface area contributed by atoms with Gasteiger partial charge in [0.15, 0.2) is 16.6 Å². The molecule has 0 amide bonds. The Morgan fingerprint density at radius 3 is 2.61 bits per heavy atom. The Labute approximate surface area is 168 Å². The molecule has 3 heterocycles. The number of ether oxygens (including phenoxy) is 2. The second-order valence-electron chi connectivity index (χ2n) is 5.66. The zero-order valence-corrected chi connectivity index (χ0v) is 16.3. The summed E-state index contributed by atoms with van der Waals surface area (Å²) >= 11 is 6.99. The molecule has 28 heavy (non-hydrogen) atoms. The number of methoxy groups -OCH3 is 2. The normalized spacial score (nSPS) is 11.0. The van der Waals surface area contributed by atoms with Crippen LogP contribution in [-0.4, -0.2) is 44.8 Å². The minimum absolute atomic E-state index is 0.0968. The Morgan fingerprint density at radius 1 is 1.18 bits per heavy atom. The Bertz CT molecular complexity index is 1200. The van der Waals surface area contributed by atoms with Crippen LogP contribution < -0.4 is 9.47 Å². The highest BCUT2D eigenvalue weighted by molar-refractivity contribution is 7.16. The van der Waals surface area contributed by atoms with E-state index in [-0.39, 0.29) is 10.0 Å². The number of carboxylic acids is 1. The number of nitrogens with zero attached hydrogens (tertiary/aromatic N) is 4. The van der Waals surface area contributed by atoms with E-state index >= 15 is 0 Å². The third-order valence-corrected chi connectivity index (χ3v) is 5.32. The lowest BCUT2D eigenvalue weighted by Crippen LogP contribution is -1.95. The van der Waals surface area contributed by atoms with E-state index in [4.69, 9.17) is 21.1 Å². The van der Waals surface area contributed by atoms with Gasteiger partial charge in [-0.25, -0.2) is 19.7 Å². The first-order chi connectivity index (χ1) is 13.5. The number of rotatable bonds is 5. The number of thiazole rings is 1. The molecular formula is C18H13ClN4O4S. The number of benzene rings is 1. The molecule has 0 spiro atoms. The van der Waals surface area contributed by atoms with Crippen molar-refractivity contribution in [2.45, 2.75) is 0 Å². The Kier molecular flexibility index (Phi) is 4.62. The van der Waals surface area contributed by atoms with Crippen LogP contribution in [0, 0.1) is 0 Å². The minimum Gasteiger partial charge on any atom is -0.493 e. The summed E-state index contributed by atoms with van der Waals surface area (Å²) in [6, 6.07) is 6.76. The monoisotopic (exact) mass is 416 g/mol. The SMILES string of the molecule is COc1cc2ncn(-c3nc(-c4ccnc(Cl)c4)c(C(=O)O)s3)c2cc1OC. The van der Waals surface area contributed by atoms with Gasteiger partial charge in [0.1, 0.15) is 16.4 Å². The van der Waals surface area contributed by atoms with Crippen LogP contribution in [0.15, 0.2) is 36.8 Å². The average molecular weight is 417 g/mol. The summed E-state index contributed by atoms with van der Waals surface area (Å²) in [6.45, 7) is 0. The molecule has 0 radical (unpaired) electrons. The van der Waals surface area contributed by atoms with Crippen molar-refractivity contribution in [2.24, 2.45) is 0 Å². The molecule has 1 N–H and O–H groups in total. The molecule has 8 nitrogen and oxygen atoms in total. The van der Waals surface area contributed by atoms with Crippen LogP contribution in [0.5, 0.6) is 11.5 Å². The molecule has 0 aliphatic carbocycles. The fraction of sp³-hybridized carbons (Fsp3) is 0.111. The summed E-state index contributed by atoms with van der Waals surface area (Å²) in [4.78, 5) is 24.7.